The molecule has 0 aromatic carbocycles. The lowest BCUT2D eigenvalue weighted by Gasteiger charge is -2.24. The lowest BCUT2D eigenvalue weighted by Crippen LogP contribution is -2.37. The van der Waals surface area contributed by atoms with Crippen LogP contribution in [0.5, 0.6) is 0 Å². The molecule has 2 atom stereocenters. The SMILES string of the molecule is CC/C=C/C=C/C=C/C=C/C=C/CCCC(=O)OC(COC(=O)CCCCC/C=C/C=C/C=C/C=C/CC)COP(=O)(O)OCC[N+](C)(C)C. The Kier molecular flexibility index (Phi) is 29.5. The molecule has 9 nitrogen and oxygen atoms in total. The van der Waals surface area contributed by atoms with Gasteiger partial charge < -0.3 is 18.9 Å². The highest BCUT2D eigenvalue weighted by atomic mass is 31.2. The minimum atomic E-state index is -4.40. The standard InChI is InChI=1S/C40H62NO8P/c1-6-8-10-12-14-16-18-20-22-24-26-28-30-32-39(42)46-36-38(37-48-50(44,45)47-35-34-41(3,4)5)49-40(43)33-31-29-27-25-23-21-19-17-15-13-11-9-7-2/h8-23,25,27,38H,6-7,24,26,28-37H2,1-5H3/p+1/b10-8+,11-9+,14-12+,15-13+,18-16+,19-17+,22-20+,23-21+,27-25+. The van der Waals surface area contributed by atoms with Gasteiger partial charge in [-0.15, -0.1) is 0 Å². The van der Waals surface area contributed by atoms with E-state index in [9.17, 15) is 19.0 Å². The van der Waals surface area contributed by atoms with Gasteiger partial charge in [-0.3, -0.25) is 18.6 Å². The molecule has 0 radical (unpaired) electrons. The van der Waals surface area contributed by atoms with Crippen LogP contribution in [0.4, 0.5) is 0 Å². The number of phosphoric ester groups is 1. The Morgan fingerprint density at radius 2 is 1.10 bits per heavy atom. The van der Waals surface area contributed by atoms with E-state index in [-0.39, 0.29) is 26.1 Å². The number of hydrogen-bond donors (Lipinski definition) is 1. The average molecular weight is 717 g/mol. The summed E-state index contributed by atoms with van der Waals surface area (Å²) in [5.74, 6) is -0.950. The second kappa shape index (κ2) is 31.6. The molecule has 0 aromatic rings. The zero-order valence-electron chi connectivity index (χ0n) is 31.1. The van der Waals surface area contributed by atoms with E-state index < -0.39 is 32.5 Å². The summed E-state index contributed by atoms with van der Waals surface area (Å²) < 4.78 is 33.9. The molecule has 1 N–H and O–H groups in total. The summed E-state index contributed by atoms with van der Waals surface area (Å²) in [6.07, 6.45) is 41.6. The van der Waals surface area contributed by atoms with E-state index >= 15 is 0 Å². The first-order valence-corrected chi connectivity index (χ1v) is 19.2. The fraction of sp³-hybridized carbons (Fsp3) is 0.500. The zero-order chi connectivity index (χ0) is 37.2. The molecule has 0 aliphatic rings. The molecule has 0 amide bonds. The second-order valence-electron chi connectivity index (χ2n) is 12.4. The predicted octanol–water partition coefficient (Wildman–Crippen LogP) is 9.23. The number of ether oxygens (including phenoxy) is 2. The van der Waals surface area contributed by atoms with Gasteiger partial charge in [-0.25, -0.2) is 4.57 Å². The summed E-state index contributed by atoms with van der Waals surface area (Å²) in [5.41, 5.74) is 0. The van der Waals surface area contributed by atoms with Crippen LogP contribution >= 0.6 is 7.82 Å². The van der Waals surface area contributed by atoms with Gasteiger partial charge in [0.15, 0.2) is 6.10 Å². The van der Waals surface area contributed by atoms with Gasteiger partial charge in [-0.1, -0.05) is 130 Å². The summed E-state index contributed by atoms with van der Waals surface area (Å²) in [5, 5.41) is 0. The van der Waals surface area contributed by atoms with Gasteiger partial charge in [0.2, 0.25) is 0 Å². The highest BCUT2D eigenvalue weighted by Crippen LogP contribution is 2.43. The number of carbonyl (C=O) groups excluding carboxylic acids is 2. The Morgan fingerprint density at radius 1 is 0.620 bits per heavy atom. The van der Waals surface area contributed by atoms with Gasteiger partial charge in [0.1, 0.15) is 19.8 Å². The molecule has 0 aromatic heterocycles. The van der Waals surface area contributed by atoms with Crippen LogP contribution in [0.2, 0.25) is 0 Å². The van der Waals surface area contributed by atoms with Crippen molar-refractivity contribution in [3.8, 4) is 0 Å². The second-order valence-corrected chi connectivity index (χ2v) is 13.8. The van der Waals surface area contributed by atoms with Gasteiger partial charge in [-0.2, -0.15) is 0 Å². The van der Waals surface area contributed by atoms with E-state index in [2.05, 4.69) is 32.1 Å². The molecular weight excluding hydrogens is 653 g/mol. The largest absolute Gasteiger partial charge is 0.472 e. The third kappa shape index (κ3) is 34.5. The Hall–Kier alpha value is -3.33. The third-order valence-electron chi connectivity index (χ3n) is 6.52. The first kappa shape index (κ1) is 46.7. The van der Waals surface area contributed by atoms with Crippen molar-refractivity contribution in [3.05, 3.63) is 109 Å². The Morgan fingerprint density at radius 3 is 1.62 bits per heavy atom. The first-order chi connectivity index (χ1) is 24.0. The zero-order valence-corrected chi connectivity index (χ0v) is 32.0. The molecule has 0 heterocycles. The molecule has 0 saturated carbocycles. The normalized spacial score (nSPS) is 15.1. The van der Waals surface area contributed by atoms with Crippen molar-refractivity contribution < 1.29 is 42.1 Å². The number of hydrogen-bond acceptors (Lipinski definition) is 7. The van der Waals surface area contributed by atoms with E-state index in [1.165, 1.54) is 0 Å². The van der Waals surface area contributed by atoms with Crippen molar-refractivity contribution in [3.63, 3.8) is 0 Å². The Bertz CT molecular complexity index is 1220. The van der Waals surface area contributed by atoms with Crippen molar-refractivity contribution in [2.45, 2.75) is 84.2 Å². The summed E-state index contributed by atoms with van der Waals surface area (Å²) in [7, 11) is 1.38. The fourth-order valence-electron chi connectivity index (χ4n) is 3.76. The molecule has 0 bridgehead atoms. The van der Waals surface area contributed by atoms with Crippen molar-refractivity contribution in [2.75, 3.05) is 47.5 Å². The Balaban J connectivity index is 4.72. The average Bonchev–Trinajstić information content (AvgIpc) is 3.06. The van der Waals surface area contributed by atoms with Gasteiger partial charge in [0, 0.05) is 12.8 Å². The molecule has 0 saturated heterocycles. The van der Waals surface area contributed by atoms with Crippen LogP contribution in [0, 0.1) is 0 Å². The molecule has 0 spiro atoms. The van der Waals surface area contributed by atoms with Crippen LogP contribution in [0.1, 0.15) is 78.1 Å². The van der Waals surface area contributed by atoms with E-state index in [0.717, 1.165) is 32.1 Å². The van der Waals surface area contributed by atoms with Crippen molar-refractivity contribution in [2.24, 2.45) is 0 Å². The predicted molar refractivity (Wildman–Crippen MR) is 205 cm³/mol. The molecule has 2 unspecified atom stereocenters. The highest BCUT2D eigenvalue weighted by molar-refractivity contribution is 7.47. The molecule has 0 fully saturated rings. The van der Waals surface area contributed by atoms with Crippen LogP contribution in [-0.2, 0) is 32.7 Å². The van der Waals surface area contributed by atoms with E-state index in [1.54, 1.807) is 0 Å². The monoisotopic (exact) mass is 716 g/mol. The number of esters is 2. The van der Waals surface area contributed by atoms with E-state index in [0.29, 0.717) is 30.3 Å². The molecular formula is C40H63NO8P+. The minimum absolute atomic E-state index is 0.00415. The van der Waals surface area contributed by atoms with Crippen LogP contribution < -0.4 is 0 Å². The van der Waals surface area contributed by atoms with Crippen molar-refractivity contribution in [1.29, 1.82) is 0 Å². The highest BCUT2D eigenvalue weighted by Gasteiger charge is 2.27. The molecule has 0 aliphatic heterocycles. The van der Waals surface area contributed by atoms with Crippen LogP contribution in [0.3, 0.4) is 0 Å². The molecule has 0 rings (SSSR count). The summed E-state index contributed by atoms with van der Waals surface area (Å²) in [6.45, 7) is 3.93. The summed E-state index contributed by atoms with van der Waals surface area (Å²) >= 11 is 0. The van der Waals surface area contributed by atoms with Gasteiger partial charge in [-0.05, 0) is 44.9 Å². The number of phosphoric acid groups is 1. The minimum Gasteiger partial charge on any atom is -0.462 e. The molecule has 10 heteroatoms. The van der Waals surface area contributed by atoms with E-state index in [4.69, 9.17) is 18.5 Å². The number of allylic oxidation sites excluding steroid dienone is 18. The smallest absolute Gasteiger partial charge is 0.462 e. The summed E-state index contributed by atoms with van der Waals surface area (Å²) in [4.78, 5) is 35.1. The van der Waals surface area contributed by atoms with Gasteiger partial charge in [0.25, 0.3) is 0 Å². The number of rotatable bonds is 29. The maximum Gasteiger partial charge on any atom is 0.472 e. The number of carbonyl (C=O) groups is 2. The van der Waals surface area contributed by atoms with Crippen LogP contribution in [-0.4, -0.2) is 74.9 Å². The topological polar surface area (TPSA) is 108 Å². The quantitative estimate of drug-likeness (QED) is 0.0268. The van der Waals surface area contributed by atoms with E-state index in [1.807, 2.05) is 112 Å². The van der Waals surface area contributed by atoms with Crippen molar-refractivity contribution >= 4 is 19.8 Å². The molecule has 0 aliphatic carbocycles. The molecule has 280 valence electrons. The number of unbranched alkanes of at least 4 members (excludes halogenated alkanes) is 4. The fourth-order valence-corrected chi connectivity index (χ4v) is 4.50. The lowest BCUT2D eigenvalue weighted by molar-refractivity contribution is -0.870. The number of likely N-dealkylation sites (N-methyl/N-ethyl adjacent to an activating group) is 1. The number of nitrogens with zero attached hydrogens (tertiary/aromatic N) is 1. The van der Waals surface area contributed by atoms with Gasteiger partial charge in [0.05, 0.1) is 27.7 Å². The maximum atomic E-state index is 12.6. The van der Waals surface area contributed by atoms with Crippen LogP contribution in [0.25, 0.3) is 0 Å². The maximum absolute atomic E-state index is 12.6. The first-order valence-electron chi connectivity index (χ1n) is 17.7. The molecule has 50 heavy (non-hydrogen) atoms. The lowest BCUT2D eigenvalue weighted by atomic mass is 10.1. The van der Waals surface area contributed by atoms with Crippen molar-refractivity contribution in [1.82, 2.24) is 0 Å². The summed E-state index contributed by atoms with van der Waals surface area (Å²) in [6, 6.07) is 0. The number of quaternary nitrogens is 1. The Labute approximate surface area is 302 Å². The van der Waals surface area contributed by atoms with Crippen LogP contribution in [0.15, 0.2) is 109 Å². The third-order valence-corrected chi connectivity index (χ3v) is 7.51. The van der Waals surface area contributed by atoms with Gasteiger partial charge >= 0.3 is 19.8 Å².